The maximum atomic E-state index is 6.27. The van der Waals surface area contributed by atoms with E-state index in [-0.39, 0.29) is 0 Å². The summed E-state index contributed by atoms with van der Waals surface area (Å²) in [6, 6.07) is 0. The fourth-order valence-electron chi connectivity index (χ4n) is 3.46. The minimum absolute atomic E-state index is 0.549. The normalized spacial score (nSPS) is 14.6. The fraction of sp³-hybridized carbons (Fsp3) is 0.471. The second-order valence-electron chi connectivity index (χ2n) is 5.95. The zero-order valence-corrected chi connectivity index (χ0v) is 14.2. The van der Waals surface area contributed by atoms with Gasteiger partial charge in [-0.1, -0.05) is 24.9 Å². The Morgan fingerprint density at radius 1 is 1.18 bits per heavy atom. The molecule has 3 heterocycles. The number of rotatable bonds is 3. The van der Waals surface area contributed by atoms with Crippen LogP contribution in [-0.2, 0) is 19.3 Å². The summed E-state index contributed by atoms with van der Waals surface area (Å²) < 4.78 is 0.979. The summed E-state index contributed by atoms with van der Waals surface area (Å²) in [7, 11) is 0. The highest BCUT2D eigenvalue weighted by Gasteiger charge is 2.22. The van der Waals surface area contributed by atoms with E-state index in [4.69, 9.17) is 16.6 Å². The molecule has 114 valence electrons. The van der Waals surface area contributed by atoms with E-state index >= 15 is 0 Å². The Morgan fingerprint density at radius 2 is 2.00 bits per heavy atom. The van der Waals surface area contributed by atoms with E-state index < -0.39 is 0 Å². The van der Waals surface area contributed by atoms with Crippen molar-refractivity contribution < 1.29 is 0 Å². The third-order valence-corrected chi connectivity index (χ3v) is 6.01. The molecule has 0 bridgehead atoms. The molecule has 0 aliphatic heterocycles. The van der Waals surface area contributed by atoms with Crippen LogP contribution in [0.3, 0.4) is 0 Å². The van der Waals surface area contributed by atoms with Crippen LogP contribution in [0, 0.1) is 0 Å². The van der Waals surface area contributed by atoms with Gasteiger partial charge in [-0.3, -0.25) is 0 Å². The first-order chi connectivity index (χ1) is 10.8. The molecular weight excluding hydrogens is 314 g/mol. The molecule has 1 aliphatic carbocycles. The lowest BCUT2D eigenvalue weighted by Crippen LogP contribution is -2.09. The zero-order chi connectivity index (χ0) is 15.1. The molecule has 0 radical (unpaired) electrons. The summed E-state index contributed by atoms with van der Waals surface area (Å²) >= 11 is 7.91. The molecule has 5 heteroatoms. The molecule has 0 unspecified atom stereocenters. The van der Waals surface area contributed by atoms with Crippen LogP contribution in [-0.4, -0.2) is 15.0 Å². The first kappa shape index (κ1) is 14.3. The molecule has 0 saturated carbocycles. The first-order valence-corrected chi connectivity index (χ1v) is 9.22. The maximum absolute atomic E-state index is 6.27. The Kier molecular flexibility index (Phi) is 3.74. The van der Waals surface area contributed by atoms with E-state index in [1.54, 1.807) is 17.7 Å². The van der Waals surface area contributed by atoms with Gasteiger partial charge in [0.1, 0.15) is 16.3 Å². The molecule has 3 nitrogen and oxygen atoms in total. The molecule has 1 aliphatic rings. The van der Waals surface area contributed by atoms with E-state index in [0.29, 0.717) is 5.15 Å². The van der Waals surface area contributed by atoms with Crippen molar-refractivity contribution in [1.29, 1.82) is 0 Å². The highest BCUT2D eigenvalue weighted by atomic mass is 35.5. The lowest BCUT2D eigenvalue weighted by molar-refractivity contribution is 0.670. The summed E-state index contributed by atoms with van der Waals surface area (Å²) in [5.41, 5.74) is 5.26. The van der Waals surface area contributed by atoms with Crippen LogP contribution in [0.25, 0.3) is 20.4 Å². The highest BCUT2D eigenvalue weighted by molar-refractivity contribution is 7.26. The van der Waals surface area contributed by atoms with E-state index in [9.17, 15) is 0 Å². The average molecular weight is 332 g/mol. The van der Waals surface area contributed by atoms with Crippen molar-refractivity contribution in [3.8, 4) is 0 Å². The molecule has 3 aromatic rings. The SMILES string of the molecule is CCCCc1nc2sc3c(Cl)ncnc3c2c2c1CCCC2. The van der Waals surface area contributed by atoms with Crippen molar-refractivity contribution in [3.63, 3.8) is 0 Å². The molecule has 4 rings (SSSR count). The molecule has 22 heavy (non-hydrogen) atoms. The number of hydrogen-bond acceptors (Lipinski definition) is 4. The third kappa shape index (κ3) is 2.20. The number of fused-ring (bicyclic) bond motifs is 5. The Labute approximate surface area is 138 Å². The monoisotopic (exact) mass is 331 g/mol. The quantitative estimate of drug-likeness (QED) is 0.626. The van der Waals surface area contributed by atoms with Crippen LogP contribution in [0.4, 0.5) is 0 Å². The molecule has 0 fully saturated rings. The first-order valence-electron chi connectivity index (χ1n) is 8.03. The van der Waals surface area contributed by atoms with Gasteiger partial charge in [-0.2, -0.15) is 0 Å². The van der Waals surface area contributed by atoms with Gasteiger partial charge in [0, 0.05) is 11.1 Å². The lowest BCUT2D eigenvalue weighted by atomic mass is 9.87. The molecule has 0 N–H and O–H groups in total. The molecule has 0 amide bonds. The Balaban J connectivity index is 2.04. The van der Waals surface area contributed by atoms with Gasteiger partial charge in [-0.05, 0) is 49.7 Å². The van der Waals surface area contributed by atoms with Crippen LogP contribution in [0.2, 0.25) is 5.15 Å². The van der Waals surface area contributed by atoms with Crippen LogP contribution in [0.5, 0.6) is 0 Å². The smallest absolute Gasteiger partial charge is 0.150 e. The zero-order valence-electron chi connectivity index (χ0n) is 12.7. The predicted octanol–water partition coefficient (Wildman–Crippen LogP) is 5.11. The molecule has 0 aromatic carbocycles. The van der Waals surface area contributed by atoms with E-state index in [1.165, 1.54) is 47.9 Å². The van der Waals surface area contributed by atoms with Crippen molar-refractivity contribution in [2.24, 2.45) is 0 Å². The molecule has 0 atom stereocenters. The number of aromatic nitrogens is 3. The second-order valence-corrected chi connectivity index (χ2v) is 7.31. The van der Waals surface area contributed by atoms with Gasteiger partial charge < -0.3 is 0 Å². The molecule has 0 saturated heterocycles. The van der Waals surface area contributed by atoms with Gasteiger partial charge in [0.25, 0.3) is 0 Å². The number of halogens is 1. The molecule has 0 spiro atoms. The Hall–Kier alpha value is -1.26. The largest absolute Gasteiger partial charge is 0.242 e. The average Bonchev–Trinajstić information content (AvgIpc) is 2.93. The van der Waals surface area contributed by atoms with Gasteiger partial charge in [0.05, 0.1) is 10.2 Å². The maximum Gasteiger partial charge on any atom is 0.150 e. The minimum atomic E-state index is 0.549. The molecule has 3 aromatic heterocycles. The second kappa shape index (κ2) is 5.74. The summed E-state index contributed by atoms with van der Waals surface area (Å²) in [4.78, 5) is 14.7. The number of pyridine rings is 1. The number of hydrogen-bond donors (Lipinski definition) is 0. The van der Waals surface area contributed by atoms with Crippen LogP contribution in [0.1, 0.15) is 49.4 Å². The number of unbranched alkanes of at least 4 members (excludes halogenated alkanes) is 1. The fourth-order valence-corrected chi connectivity index (χ4v) is 4.77. The van der Waals surface area contributed by atoms with Gasteiger partial charge in [-0.15, -0.1) is 11.3 Å². The summed E-state index contributed by atoms with van der Waals surface area (Å²) in [6.45, 7) is 2.24. The summed E-state index contributed by atoms with van der Waals surface area (Å²) in [5, 5.41) is 1.78. The van der Waals surface area contributed by atoms with E-state index in [1.807, 2.05) is 0 Å². The van der Waals surface area contributed by atoms with Crippen LogP contribution < -0.4 is 0 Å². The topological polar surface area (TPSA) is 38.7 Å². The van der Waals surface area contributed by atoms with E-state index in [2.05, 4.69) is 16.9 Å². The van der Waals surface area contributed by atoms with Gasteiger partial charge in [0.15, 0.2) is 0 Å². The van der Waals surface area contributed by atoms with Crippen molar-refractivity contribution in [1.82, 2.24) is 15.0 Å². The Bertz CT molecular complexity index is 856. The van der Waals surface area contributed by atoms with Crippen molar-refractivity contribution in [2.75, 3.05) is 0 Å². The predicted molar refractivity (Wildman–Crippen MR) is 93.0 cm³/mol. The third-order valence-electron chi connectivity index (χ3n) is 4.53. The standard InChI is InChI=1S/C17H18ClN3S/c1-2-3-8-12-10-6-4-5-7-11(10)13-14-15(22-17(13)21-12)16(18)20-9-19-14/h9H,2-8H2,1H3. The number of thiophene rings is 1. The Morgan fingerprint density at radius 3 is 2.82 bits per heavy atom. The highest BCUT2D eigenvalue weighted by Crippen LogP contribution is 2.40. The van der Waals surface area contributed by atoms with Gasteiger partial charge >= 0.3 is 0 Å². The van der Waals surface area contributed by atoms with E-state index in [0.717, 1.165) is 34.3 Å². The summed E-state index contributed by atoms with van der Waals surface area (Å²) in [5.74, 6) is 0. The summed E-state index contributed by atoms with van der Waals surface area (Å²) in [6.07, 6.45) is 9.90. The molecular formula is C17H18ClN3S. The minimum Gasteiger partial charge on any atom is -0.242 e. The van der Waals surface area contributed by atoms with Crippen molar-refractivity contribution >= 4 is 43.4 Å². The number of nitrogens with zero attached hydrogens (tertiary/aromatic N) is 3. The van der Waals surface area contributed by atoms with Crippen LogP contribution >= 0.6 is 22.9 Å². The van der Waals surface area contributed by atoms with Crippen molar-refractivity contribution in [2.45, 2.75) is 51.9 Å². The number of aryl methyl sites for hydroxylation is 2. The van der Waals surface area contributed by atoms with Crippen LogP contribution in [0.15, 0.2) is 6.33 Å². The van der Waals surface area contributed by atoms with Gasteiger partial charge in [0.2, 0.25) is 0 Å². The van der Waals surface area contributed by atoms with Gasteiger partial charge in [-0.25, -0.2) is 15.0 Å². The lowest BCUT2D eigenvalue weighted by Gasteiger charge is -2.20. The van der Waals surface area contributed by atoms with Crippen molar-refractivity contribution in [3.05, 3.63) is 28.3 Å².